The van der Waals surface area contributed by atoms with E-state index >= 15 is 0 Å². The second-order valence-corrected chi connectivity index (χ2v) is 19.6. The lowest BCUT2D eigenvalue weighted by Crippen LogP contribution is -2.43. The van der Waals surface area contributed by atoms with E-state index in [1.165, 1.54) is 86.9 Å². The molecule has 15 rings (SSSR count). The SMILES string of the molecule is c1ccc(-c2nc(-c3ccccc3)nc(-c3ccc(-c4ccc5c(c4)-c4cc6c(cc4C54c5ccccc5C5(c7ccccc7-c7ccccc75)c5ccccc54)sc4ccccc46)cc3)n2)cc1. The fourth-order valence-corrected chi connectivity index (χ4v) is 13.6. The maximum atomic E-state index is 5.03. The lowest BCUT2D eigenvalue weighted by Gasteiger charge is -2.48. The van der Waals surface area contributed by atoms with Gasteiger partial charge in [-0.1, -0.05) is 212 Å². The molecule has 2 heterocycles. The predicted octanol–water partition coefficient (Wildman–Crippen LogP) is 15.9. The van der Waals surface area contributed by atoms with Gasteiger partial charge >= 0.3 is 0 Å². The number of hydrogen-bond acceptors (Lipinski definition) is 4. The zero-order valence-corrected chi connectivity index (χ0v) is 38.1. The Bertz CT molecular complexity index is 3920. The number of aromatic nitrogens is 3. The van der Waals surface area contributed by atoms with Crippen LogP contribution in [-0.4, -0.2) is 15.0 Å². The second kappa shape index (κ2) is 14.5. The average Bonchev–Trinajstić information content (AvgIpc) is 4.04. The second-order valence-electron chi connectivity index (χ2n) is 18.6. The zero-order chi connectivity index (χ0) is 45.3. The van der Waals surface area contributed by atoms with Gasteiger partial charge in [0, 0.05) is 36.9 Å². The van der Waals surface area contributed by atoms with Gasteiger partial charge in [-0.15, -0.1) is 11.3 Å². The Morgan fingerprint density at radius 1 is 0.246 bits per heavy atom. The number of rotatable bonds is 4. The van der Waals surface area contributed by atoms with E-state index in [0.29, 0.717) is 17.5 Å². The number of fused-ring (bicyclic) bond motifs is 19. The molecule has 3 aliphatic carbocycles. The summed E-state index contributed by atoms with van der Waals surface area (Å²) >= 11 is 1.90. The maximum absolute atomic E-state index is 5.03. The quantitative estimate of drug-likeness (QED) is 0.177. The van der Waals surface area contributed by atoms with Crippen molar-refractivity contribution in [3.8, 4) is 67.5 Å². The fourth-order valence-electron chi connectivity index (χ4n) is 12.4. The Balaban J connectivity index is 0.949. The highest BCUT2D eigenvalue weighted by Crippen LogP contribution is 2.68. The van der Waals surface area contributed by atoms with Crippen molar-refractivity contribution < 1.29 is 0 Å². The molecule has 2 aromatic heterocycles. The largest absolute Gasteiger partial charge is 0.208 e. The molecule has 3 aliphatic rings. The molecule has 0 N–H and O–H groups in total. The van der Waals surface area contributed by atoms with Gasteiger partial charge in [0.15, 0.2) is 17.5 Å². The summed E-state index contributed by atoms with van der Waals surface area (Å²) in [5, 5.41) is 2.61. The summed E-state index contributed by atoms with van der Waals surface area (Å²) in [6, 6.07) is 87.2. The molecule has 0 bridgehead atoms. The van der Waals surface area contributed by atoms with Crippen LogP contribution in [0.1, 0.15) is 44.5 Å². The highest BCUT2D eigenvalue weighted by Gasteiger charge is 2.59. The first-order valence-electron chi connectivity index (χ1n) is 23.7. The van der Waals surface area contributed by atoms with E-state index in [-0.39, 0.29) is 0 Å². The third-order valence-corrected chi connectivity index (χ3v) is 16.4. The van der Waals surface area contributed by atoms with Gasteiger partial charge in [0.1, 0.15) is 0 Å². The van der Waals surface area contributed by atoms with Gasteiger partial charge in [-0.05, 0) is 102 Å². The third kappa shape index (κ3) is 5.24. The molecule has 10 aromatic carbocycles. The van der Waals surface area contributed by atoms with Crippen LogP contribution in [0.4, 0.5) is 0 Å². The predicted molar refractivity (Wildman–Crippen MR) is 283 cm³/mol. The van der Waals surface area contributed by atoms with Crippen LogP contribution < -0.4 is 0 Å². The van der Waals surface area contributed by atoms with E-state index in [2.05, 4.69) is 176 Å². The van der Waals surface area contributed by atoms with Crippen LogP contribution in [-0.2, 0) is 10.8 Å². The van der Waals surface area contributed by atoms with Crippen molar-refractivity contribution in [3.05, 3.63) is 281 Å². The van der Waals surface area contributed by atoms with Crippen molar-refractivity contribution >= 4 is 31.5 Å². The van der Waals surface area contributed by atoms with Crippen molar-refractivity contribution in [2.45, 2.75) is 10.8 Å². The van der Waals surface area contributed by atoms with E-state index in [1.54, 1.807) is 0 Å². The van der Waals surface area contributed by atoms with Gasteiger partial charge in [0.2, 0.25) is 0 Å². The zero-order valence-electron chi connectivity index (χ0n) is 37.3. The van der Waals surface area contributed by atoms with Crippen molar-refractivity contribution in [3.63, 3.8) is 0 Å². The molecule has 3 nitrogen and oxygen atoms in total. The Kier molecular flexibility index (Phi) is 8.08. The molecule has 0 saturated carbocycles. The van der Waals surface area contributed by atoms with Crippen molar-refractivity contribution in [2.24, 2.45) is 0 Å². The normalized spacial score (nSPS) is 14.0. The summed E-state index contributed by atoms with van der Waals surface area (Å²) in [7, 11) is 0. The molecular formula is C65H39N3S. The highest BCUT2D eigenvalue weighted by atomic mass is 32.1. The average molecular weight is 894 g/mol. The van der Waals surface area contributed by atoms with Crippen LogP contribution in [0, 0.1) is 0 Å². The third-order valence-electron chi connectivity index (χ3n) is 15.2. The number of benzene rings is 10. The number of thiophene rings is 1. The smallest absolute Gasteiger partial charge is 0.164 e. The Hall–Kier alpha value is -8.57. The summed E-state index contributed by atoms with van der Waals surface area (Å²) in [5.74, 6) is 1.95. The molecule has 0 amide bonds. The maximum Gasteiger partial charge on any atom is 0.164 e. The van der Waals surface area contributed by atoms with E-state index in [9.17, 15) is 0 Å². The molecule has 0 aliphatic heterocycles. The van der Waals surface area contributed by atoms with Crippen LogP contribution in [0.5, 0.6) is 0 Å². The van der Waals surface area contributed by atoms with Gasteiger partial charge in [0.25, 0.3) is 0 Å². The van der Waals surface area contributed by atoms with Crippen molar-refractivity contribution in [2.75, 3.05) is 0 Å². The monoisotopic (exact) mass is 893 g/mol. The minimum Gasteiger partial charge on any atom is -0.208 e. The fraction of sp³-hybridized carbons (Fsp3) is 0.0308. The van der Waals surface area contributed by atoms with E-state index in [4.69, 9.17) is 15.0 Å². The summed E-state index contributed by atoms with van der Waals surface area (Å²) in [4.78, 5) is 15.0. The first-order chi connectivity index (χ1) is 34.2. The topological polar surface area (TPSA) is 38.7 Å². The Morgan fingerprint density at radius 2 is 0.652 bits per heavy atom. The van der Waals surface area contributed by atoms with E-state index in [1.807, 2.05) is 72.0 Å². The standard InChI is InChI=1S/C65H39N3S/c1-3-17-41(18-4-1)61-66-62(42-19-5-2-6-20-42)68-63(67-61)43-33-31-40(32-34-43)44-35-36-53-48(37-44)49-38-50-47-23-9-16-30-59(47)69-60(50)39-58(49)65(53)56-28-14-12-26-54(56)64(55-27-13-15-29-57(55)65)51-24-10-7-21-45(51)46-22-8-11-25-52(46)64/h1-39H. The molecule has 2 spiro atoms. The molecule has 0 fully saturated rings. The van der Waals surface area contributed by atoms with Gasteiger partial charge in [-0.25, -0.2) is 15.0 Å². The molecule has 0 radical (unpaired) electrons. The molecular weight excluding hydrogens is 855 g/mol. The Morgan fingerprint density at radius 3 is 1.22 bits per heavy atom. The van der Waals surface area contributed by atoms with Gasteiger partial charge in [0.05, 0.1) is 10.8 Å². The van der Waals surface area contributed by atoms with Crippen LogP contribution >= 0.6 is 11.3 Å². The summed E-state index contributed by atoms with van der Waals surface area (Å²) in [6.07, 6.45) is 0. The Labute approximate surface area is 403 Å². The van der Waals surface area contributed by atoms with Crippen LogP contribution in [0.2, 0.25) is 0 Å². The van der Waals surface area contributed by atoms with Crippen molar-refractivity contribution in [1.82, 2.24) is 15.0 Å². The van der Waals surface area contributed by atoms with Gasteiger partial charge in [-0.2, -0.15) is 0 Å². The molecule has 0 unspecified atom stereocenters. The van der Waals surface area contributed by atoms with Crippen LogP contribution in [0.25, 0.3) is 87.7 Å². The molecule has 12 aromatic rings. The first-order valence-corrected chi connectivity index (χ1v) is 24.5. The van der Waals surface area contributed by atoms with Gasteiger partial charge in [-0.3, -0.25) is 0 Å². The van der Waals surface area contributed by atoms with Gasteiger partial charge < -0.3 is 0 Å². The van der Waals surface area contributed by atoms with E-state index < -0.39 is 10.8 Å². The van der Waals surface area contributed by atoms with Crippen LogP contribution in [0.15, 0.2) is 237 Å². The number of nitrogens with zero attached hydrogens (tertiary/aromatic N) is 3. The van der Waals surface area contributed by atoms with Crippen LogP contribution in [0.3, 0.4) is 0 Å². The number of hydrogen-bond donors (Lipinski definition) is 0. The minimum absolute atomic E-state index is 0.486. The molecule has 4 heteroatoms. The molecule has 0 atom stereocenters. The van der Waals surface area contributed by atoms with E-state index in [0.717, 1.165) is 27.8 Å². The lowest BCUT2D eigenvalue weighted by atomic mass is 9.52. The summed E-state index contributed by atoms with van der Waals surface area (Å²) < 4.78 is 2.63. The molecule has 0 saturated heterocycles. The lowest BCUT2D eigenvalue weighted by molar-refractivity contribution is 0.633. The highest BCUT2D eigenvalue weighted by molar-refractivity contribution is 7.25. The van der Waals surface area contributed by atoms with Crippen molar-refractivity contribution in [1.29, 1.82) is 0 Å². The summed E-state index contributed by atoms with van der Waals surface area (Å²) in [6.45, 7) is 0. The molecule has 69 heavy (non-hydrogen) atoms. The first kappa shape index (κ1) is 38.5. The minimum atomic E-state index is -0.575. The summed E-state index contributed by atoms with van der Waals surface area (Å²) in [5.41, 5.74) is 20.0. The molecule has 320 valence electrons.